The number of aliphatic carboxylic acids is 2. The highest BCUT2D eigenvalue weighted by Crippen LogP contribution is 2.17. The third-order valence-electron chi connectivity index (χ3n) is 3.39. The van der Waals surface area contributed by atoms with Crippen molar-refractivity contribution in [2.45, 2.75) is 32.7 Å². The van der Waals surface area contributed by atoms with Gasteiger partial charge >= 0.3 is 11.9 Å². The zero-order chi connectivity index (χ0) is 14.4. The fourth-order valence-corrected chi connectivity index (χ4v) is 2.41. The van der Waals surface area contributed by atoms with Crippen LogP contribution in [0.2, 0.25) is 0 Å². The highest BCUT2D eigenvalue weighted by Gasteiger charge is 2.31. The summed E-state index contributed by atoms with van der Waals surface area (Å²) in [5, 5.41) is 21.3. The van der Waals surface area contributed by atoms with Crippen LogP contribution in [0.15, 0.2) is 0 Å². The molecular weight excluding hydrogens is 248 g/mol. The van der Waals surface area contributed by atoms with Gasteiger partial charge in [0.2, 0.25) is 0 Å². The summed E-state index contributed by atoms with van der Waals surface area (Å²) in [6.45, 7) is 5.96. The normalized spacial score (nSPS) is 24.6. The predicted octanol–water partition coefficient (Wildman–Crippen LogP) is 0.482. The van der Waals surface area contributed by atoms with Crippen molar-refractivity contribution < 1.29 is 19.8 Å². The van der Waals surface area contributed by atoms with Gasteiger partial charge in [-0.1, -0.05) is 13.8 Å². The van der Waals surface area contributed by atoms with Gasteiger partial charge in [-0.3, -0.25) is 14.5 Å². The Bertz CT molecular complexity index is 320. The minimum atomic E-state index is -0.910. The van der Waals surface area contributed by atoms with E-state index in [-0.39, 0.29) is 12.6 Å². The van der Waals surface area contributed by atoms with Gasteiger partial charge in [0.05, 0.1) is 12.5 Å². The first-order chi connectivity index (χ1) is 8.88. The summed E-state index contributed by atoms with van der Waals surface area (Å²) in [7, 11) is 0. The molecular formula is C13H24N2O4. The Balaban J connectivity index is 2.49. The number of likely N-dealkylation sites (tertiary alicyclic amines) is 1. The largest absolute Gasteiger partial charge is 0.481 e. The lowest BCUT2D eigenvalue weighted by molar-refractivity contribution is -0.146. The molecule has 0 aliphatic carbocycles. The highest BCUT2D eigenvalue weighted by atomic mass is 16.4. The van der Waals surface area contributed by atoms with Gasteiger partial charge < -0.3 is 15.5 Å². The summed E-state index contributed by atoms with van der Waals surface area (Å²) >= 11 is 0. The lowest BCUT2D eigenvalue weighted by Crippen LogP contribution is -2.52. The van der Waals surface area contributed by atoms with Crippen LogP contribution in [0.5, 0.6) is 0 Å². The molecule has 1 saturated heterocycles. The number of carbonyl (C=O) groups is 2. The van der Waals surface area contributed by atoms with Crippen LogP contribution >= 0.6 is 0 Å². The molecule has 0 aromatic rings. The maximum absolute atomic E-state index is 11.1. The molecule has 6 heteroatoms. The molecule has 0 aromatic carbocycles. The van der Waals surface area contributed by atoms with Crippen molar-refractivity contribution in [3.05, 3.63) is 0 Å². The first-order valence-corrected chi connectivity index (χ1v) is 6.78. The molecule has 1 aliphatic heterocycles. The molecule has 2 atom stereocenters. The number of nitrogens with zero attached hydrogens (tertiary/aromatic N) is 1. The third-order valence-corrected chi connectivity index (χ3v) is 3.39. The van der Waals surface area contributed by atoms with Crippen molar-refractivity contribution in [3.8, 4) is 0 Å². The smallest absolute Gasteiger partial charge is 0.317 e. The number of hydrogen-bond donors (Lipinski definition) is 3. The number of carboxylic acids is 2. The SMILES string of the molecule is CC(C)CCNC1CC(C(=O)O)CN(CC(=O)O)C1. The third kappa shape index (κ3) is 6.02. The van der Waals surface area contributed by atoms with Crippen LogP contribution in [0, 0.1) is 11.8 Å². The van der Waals surface area contributed by atoms with E-state index in [0.29, 0.717) is 25.4 Å². The fraction of sp³-hybridized carbons (Fsp3) is 0.846. The van der Waals surface area contributed by atoms with Crippen molar-refractivity contribution in [3.63, 3.8) is 0 Å². The molecule has 0 bridgehead atoms. The van der Waals surface area contributed by atoms with Crippen molar-refractivity contribution in [1.29, 1.82) is 0 Å². The summed E-state index contributed by atoms with van der Waals surface area (Å²) < 4.78 is 0. The minimum Gasteiger partial charge on any atom is -0.481 e. The maximum Gasteiger partial charge on any atom is 0.317 e. The van der Waals surface area contributed by atoms with Gasteiger partial charge in [0, 0.05) is 19.1 Å². The van der Waals surface area contributed by atoms with Gasteiger partial charge in [0.1, 0.15) is 0 Å². The minimum absolute atomic E-state index is 0.0629. The Morgan fingerprint density at radius 3 is 2.53 bits per heavy atom. The zero-order valence-corrected chi connectivity index (χ0v) is 11.6. The predicted molar refractivity (Wildman–Crippen MR) is 71.1 cm³/mol. The van der Waals surface area contributed by atoms with Gasteiger partial charge in [0.15, 0.2) is 0 Å². The van der Waals surface area contributed by atoms with E-state index in [4.69, 9.17) is 10.2 Å². The van der Waals surface area contributed by atoms with Crippen molar-refractivity contribution in [1.82, 2.24) is 10.2 Å². The second-order valence-corrected chi connectivity index (χ2v) is 5.69. The Labute approximate surface area is 113 Å². The topological polar surface area (TPSA) is 89.9 Å². The Morgan fingerprint density at radius 1 is 1.32 bits per heavy atom. The standard InChI is InChI=1S/C13H24N2O4/c1-9(2)3-4-14-11-5-10(13(18)19)6-15(7-11)8-12(16)17/h9-11,14H,3-8H2,1-2H3,(H,16,17)(H,18,19). The van der Waals surface area contributed by atoms with Crippen LogP contribution < -0.4 is 5.32 Å². The van der Waals surface area contributed by atoms with Crippen LogP contribution in [0.25, 0.3) is 0 Å². The van der Waals surface area contributed by atoms with Gasteiger partial charge in [0.25, 0.3) is 0 Å². The van der Waals surface area contributed by atoms with Crippen LogP contribution in [-0.2, 0) is 9.59 Å². The summed E-state index contributed by atoms with van der Waals surface area (Å²) in [6.07, 6.45) is 1.61. The average Bonchev–Trinajstić information content (AvgIpc) is 2.27. The van der Waals surface area contributed by atoms with Crippen LogP contribution in [0.3, 0.4) is 0 Å². The molecule has 1 fully saturated rings. The lowest BCUT2D eigenvalue weighted by Gasteiger charge is -2.35. The van der Waals surface area contributed by atoms with Gasteiger partial charge in [-0.15, -0.1) is 0 Å². The summed E-state index contributed by atoms with van der Waals surface area (Å²) in [5.41, 5.74) is 0. The van der Waals surface area contributed by atoms with Crippen molar-refractivity contribution in [2.75, 3.05) is 26.2 Å². The molecule has 0 amide bonds. The maximum atomic E-state index is 11.1. The van der Waals surface area contributed by atoms with Crippen molar-refractivity contribution in [2.24, 2.45) is 11.8 Å². The molecule has 1 aliphatic rings. The number of rotatable bonds is 7. The molecule has 0 radical (unpaired) electrons. The Morgan fingerprint density at radius 2 is 2.00 bits per heavy atom. The van der Waals surface area contributed by atoms with E-state index in [1.807, 2.05) is 0 Å². The van der Waals surface area contributed by atoms with Gasteiger partial charge in [-0.2, -0.15) is 0 Å². The molecule has 0 aromatic heterocycles. The monoisotopic (exact) mass is 272 g/mol. The van der Waals surface area contributed by atoms with E-state index in [1.165, 1.54) is 0 Å². The van der Waals surface area contributed by atoms with Crippen LogP contribution in [-0.4, -0.2) is 59.3 Å². The molecule has 1 rings (SSSR count). The van der Waals surface area contributed by atoms with Gasteiger partial charge in [-0.25, -0.2) is 0 Å². The number of hydrogen-bond acceptors (Lipinski definition) is 4. The van der Waals surface area contributed by atoms with E-state index in [2.05, 4.69) is 19.2 Å². The average molecular weight is 272 g/mol. The Hall–Kier alpha value is -1.14. The second kappa shape index (κ2) is 7.45. The number of nitrogens with one attached hydrogen (secondary N) is 1. The van der Waals surface area contributed by atoms with E-state index in [0.717, 1.165) is 13.0 Å². The molecule has 110 valence electrons. The summed E-state index contributed by atoms with van der Waals surface area (Å²) in [5.74, 6) is -1.64. The summed E-state index contributed by atoms with van der Waals surface area (Å²) in [4.78, 5) is 23.6. The zero-order valence-electron chi connectivity index (χ0n) is 11.6. The van der Waals surface area contributed by atoms with E-state index in [1.54, 1.807) is 4.90 Å². The van der Waals surface area contributed by atoms with Crippen LogP contribution in [0.4, 0.5) is 0 Å². The first kappa shape index (κ1) is 15.9. The molecule has 2 unspecified atom stereocenters. The molecule has 0 saturated carbocycles. The second-order valence-electron chi connectivity index (χ2n) is 5.69. The molecule has 19 heavy (non-hydrogen) atoms. The van der Waals surface area contributed by atoms with Crippen molar-refractivity contribution >= 4 is 11.9 Å². The molecule has 6 nitrogen and oxygen atoms in total. The quantitative estimate of drug-likeness (QED) is 0.624. The first-order valence-electron chi connectivity index (χ1n) is 6.78. The van der Waals surface area contributed by atoms with Crippen LogP contribution in [0.1, 0.15) is 26.7 Å². The van der Waals surface area contributed by atoms with Gasteiger partial charge in [-0.05, 0) is 25.3 Å². The summed E-state index contributed by atoms with van der Waals surface area (Å²) in [6, 6.07) is 0.0629. The van der Waals surface area contributed by atoms with E-state index in [9.17, 15) is 9.59 Å². The molecule has 1 heterocycles. The fourth-order valence-electron chi connectivity index (χ4n) is 2.41. The Kier molecular flexibility index (Phi) is 6.24. The number of piperidine rings is 1. The van der Waals surface area contributed by atoms with E-state index < -0.39 is 17.9 Å². The number of carboxylic acid groups (broad SMARTS) is 2. The molecule has 0 spiro atoms. The molecule has 3 N–H and O–H groups in total. The highest BCUT2D eigenvalue weighted by molar-refractivity contribution is 5.71. The van der Waals surface area contributed by atoms with E-state index >= 15 is 0 Å². The lowest BCUT2D eigenvalue weighted by atomic mass is 9.94.